The molecule has 0 spiro atoms. The number of carbonyl (C=O) groups is 1. The first-order valence-corrected chi connectivity index (χ1v) is 11.1. The third-order valence-corrected chi connectivity index (χ3v) is 6.05. The zero-order chi connectivity index (χ0) is 25.0. The molecule has 2 aromatic heterocycles. The van der Waals surface area contributed by atoms with Crippen molar-refractivity contribution in [3.05, 3.63) is 95.9 Å². The second-order valence-corrected chi connectivity index (χ2v) is 8.50. The molecule has 0 unspecified atom stereocenters. The van der Waals surface area contributed by atoms with E-state index in [0.29, 0.717) is 16.9 Å². The summed E-state index contributed by atoms with van der Waals surface area (Å²) in [5.74, 6) is -0.584. The van der Waals surface area contributed by atoms with Crippen LogP contribution in [0.15, 0.2) is 88.5 Å². The lowest BCUT2D eigenvalue weighted by Gasteiger charge is -2.24. The molecule has 0 saturated carbocycles. The van der Waals surface area contributed by atoms with Gasteiger partial charge >= 0.3 is 12.1 Å². The molecule has 4 rings (SSSR count). The monoisotopic (exact) mass is 520 g/mol. The van der Waals surface area contributed by atoms with Crippen LogP contribution in [0.5, 0.6) is 5.75 Å². The van der Waals surface area contributed by atoms with E-state index in [1.54, 1.807) is 28.8 Å². The van der Waals surface area contributed by atoms with Gasteiger partial charge in [-0.15, -0.1) is 0 Å². The lowest BCUT2D eigenvalue weighted by atomic mass is 10.1. The molecular weight excluding hydrogens is 505 g/mol. The van der Waals surface area contributed by atoms with E-state index >= 15 is 0 Å². The first-order valence-electron chi connectivity index (χ1n) is 10.0. The number of benzene rings is 2. The first kappa shape index (κ1) is 24.5. The summed E-state index contributed by atoms with van der Waals surface area (Å²) in [5.41, 5.74) is 0.777. The van der Waals surface area contributed by atoms with Crippen molar-refractivity contribution >= 4 is 35.6 Å². The molecule has 2 aromatic carbocycles. The highest BCUT2D eigenvalue weighted by Gasteiger charge is 2.33. The molecule has 0 aliphatic carbocycles. The third kappa shape index (κ3) is 5.90. The number of alkyl halides is 3. The number of carboxylic acids is 1. The van der Waals surface area contributed by atoms with Crippen LogP contribution in [0, 0.1) is 0 Å². The van der Waals surface area contributed by atoms with Gasteiger partial charge in [-0.25, -0.2) is 9.78 Å². The molecule has 2 heterocycles. The zero-order valence-electron chi connectivity index (χ0n) is 17.7. The van der Waals surface area contributed by atoms with E-state index in [-0.39, 0.29) is 23.7 Å². The number of aromatic nitrogens is 1. The maximum atomic E-state index is 13.2. The Balaban J connectivity index is 1.67. The van der Waals surface area contributed by atoms with Gasteiger partial charge in [0.05, 0.1) is 23.9 Å². The van der Waals surface area contributed by atoms with E-state index in [4.69, 9.17) is 25.7 Å². The number of halogens is 4. The predicted octanol–water partition coefficient (Wildman–Crippen LogP) is 7.31. The second-order valence-electron chi connectivity index (χ2n) is 7.25. The van der Waals surface area contributed by atoms with Crippen LogP contribution in [0.2, 0.25) is 0 Å². The van der Waals surface area contributed by atoms with Crippen LogP contribution in [0.25, 0.3) is 11.3 Å². The minimum Gasteiger partial charge on any atom is -0.478 e. The summed E-state index contributed by atoms with van der Waals surface area (Å²) in [7, 11) is 0. The van der Waals surface area contributed by atoms with Gasteiger partial charge in [0.25, 0.3) is 0 Å². The van der Waals surface area contributed by atoms with Crippen molar-refractivity contribution in [2.45, 2.75) is 17.6 Å². The summed E-state index contributed by atoms with van der Waals surface area (Å²) in [6.07, 6.45) is -2.35. The highest BCUT2D eigenvalue weighted by Crippen LogP contribution is 2.39. The van der Waals surface area contributed by atoms with Crippen LogP contribution in [-0.4, -0.2) is 16.1 Å². The van der Waals surface area contributed by atoms with Gasteiger partial charge in [-0.1, -0.05) is 24.3 Å². The minimum absolute atomic E-state index is 0.0652. The Bertz CT molecular complexity index is 1300. The number of rotatable bonds is 8. The van der Waals surface area contributed by atoms with E-state index in [1.165, 1.54) is 12.1 Å². The molecule has 6 nitrogen and oxygen atoms in total. The van der Waals surface area contributed by atoms with Gasteiger partial charge in [0.15, 0.2) is 11.6 Å². The summed E-state index contributed by atoms with van der Waals surface area (Å²) in [6, 6.07) is 17.8. The predicted molar refractivity (Wildman–Crippen MR) is 125 cm³/mol. The average Bonchev–Trinajstić information content (AvgIpc) is 3.38. The van der Waals surface area contributed by atoms with Crippen LogP contribution in [-0.2, 0) is 12.7 Å². The van der Waals surface area contributed by atoms with Crippen LogP contribution in [0.1, 0.15) is 21.5 Å². The van der Waals surface area contributed by atoms with E-state index in [0.717, 1.165) is 29.1 Å². The van der Waals surface area contributed by atoms with Crippen LogP contribution < -0.4 is 8.59 Å². The Labute approximate surface area is 207 Å². The largest absolute Gasteiger partial charge is 0.478 e. The molecule has 0 amide bonds. The number of hydrogen-bond acceptors (Lipinski definition) is 6. The Kier molecular flexibility index (Phi) is 7.23. The zero-order valence-corrected chi connectivity index (χ0v) is 19.3. The van der Waals surface area contributed by atoms with E-state index < -0.39 is 17.7 Å². The van der Waals surface area contributed by atoms with Crippen molar-refractivity contribution in [1.82, 2.24) is 4.98 Å². The number of pyridine rings is 1. The van der Waals surface area contributed by atoms with Crippen molar-refractivity contribution in [3.8, 4) is 17.1 Å². The highest BCUT2D eigenvalue weighted by molar-refractivity contribution is 8.00. The molecular formula is C24H16ClF3N2O4S. The Morgan fingerprint density at radius 2 is 1.83 bits per heavy atom. The van der Waals surface area contributed by atoms with Crippen LogP contribution in [0.4, 0.5) is 19.0 Å². The van der Waals surface area contributed by atoms with Crippen molar-refractivity contribution < 1.29 is 31.8 Å². The number of aromatic carboxylic acids is 1. The number of furan rings is 1. The molecule has 35 heavy (non-hydrogen) atoms. The molecule has 0 bridgehead atoms. The van der Waals surface area contributed by atoms with Crippen LogP contribution >= 0.6 is 23.8 Å². The fourth-order valence-electron chi connectivity index (χ4n) is 3.16. The Morgan fingerprint density at radius 3 is 2.40 bits per heavy atom. The van der Waals surface area contributed by atoms with Gasteiger partial charge in [-0.05, 0) is 53.9 Å². The topological polar surface area (TPSA) is 75.8 Å². The molecule has 11 heteroatoms. The van der Waals surface area contributed by atoms with Gasteiger partial charge in [0.1, 0.15) is 17.6 Å². The molecule has 0 aliphatic rings. The summed E-state index contributed by atoms with van der Waals surface area (Å²) in [5, 5.41) is 9.12. The lowest BCUT2D eigenvalue weighted by molar-refractivity contribution is -0.137. The summed E-state index contributed by atoms with van der Waals surface area (Å²) in [4.78, 5) is 15.8. The maximum Gasteiger partial charge on any atom is 0.418 e. The van der Waals surface area contributed by atoms with E-state index in [9.17, 15) is 18.0 Å². The SMILES string of the molecule is O=C(O)c1ccc(SN(Cc2ccc(-c3ccco3)cc2)c2ncc(C(F)(F)F)cc2OCl)cc1. The van der Waals surface area contributed by atoms with Crippen molar-refractivity contribution in [1.29, 1.82) is 0 Å². The van der Waals surface area contributed by atoms with Crippen LogP contribution in [0.3, 0.4) is 0 Å². The number of nitrogens with zero attached hydrogens (tertiary/aromatic N) is 2. The molecule has 4 aromatic rings. The van der Waals surface area contributed by atoms with Gasteiger partial charge < -0.3 is 13.8 Å². The molecule has 180 valence electrons. The highest BCUT2D eigenvalue weighted by atomic mass is 35.5. The molecule has 0 radical (unpaired) electrons. The second kappa shape index (κ2) is 10.3. The normalized spacial score (nSPS) is 11.3. The minimum atomic E-state index is -4.62. The Morgan fingerprint density at radius 1 is 1.11 bits per heavy atom. The number of anilines is 1. The number of hydrogen-bond donors (Lipinski definition) is 1. The van der Waals surface area contributed by atoms with Gasteiger partial charge in [-0.2, -0.15) is 13.2 Å². The maximum absolute atomic E-state index is 13.2. The third-order valence-electron chi connectivity index (χ3n) is 4.88. The average molecular weight is 521 g/mol. The molecule has 0 fully saturated rings. The lowest BCUT2D eigenvalue weighted by Crippen LogP contribution is -2.17. The van der Waals surface area contributed by atoms with Gasteiger partial charge in [-0.3, -0.25) is 4.31 Å². The van der Waals surface area contributed by atoms with Crippen molar-refractivity contribution in [2.75, 3.05) is 4.31 Å². The number of carboxylic acid groups (broad SMARTS) is 1. The molecule has 0 atom stereocenters. The van der Waals surface area contributed by atoms with E-state index in [2.05, 4.69) is 4.98 Å². The fraction of sp³-hybridized carbons (Fsp3) is 0.0833. The smallest absolute Gasteiger partial charge is 0.418 e. The molecule has 0 saturated heterocycles. The molecule has 0 aliphatic heterocycles. The summed E-state index contributed by atoms with van der Waals surface area (Å²) < 4.78 is 51.2. The van der Waals surface area contributed by atoms with Gasteiger partial charge in [0, 0.05) is 22.7 Å². The van der Waals surface area contributed by atoms with Crippen molar-refractivity contribution in [3.63, 3.8) is 0 Å². The summed E-state index contributed by atoms with van der Waals surface area (Å²) in [6.45, 7) is 0.218. The fourth-order valence-corrected chi connectivity index (χ4v) is 4.22. The molecule has 1 N–H and O–H groups in total. The van der Waals surface area contributed by atoms with Gasteiger partial charge in [0.2, 0.25) is 0 Å². The van der Waals surface area contributed by atoms with Crippen molar-refractivity contribution in [2.24, 2.45) is 0 Å². The quantitative estimate of drug-likeness (QED) is 0.244. The Hall–Kier alpha value is -3.63. The van der Waals surface area contributed by atoms with E-state index in [1.807, 2.05) is 30.3 Å². The standard InChI is InChI=1S/C24H16ClF3N2O4S/c25-34-21-12-18(24(26,27)28)13-29-22(21)30(35-19-9-7-17(8-10-19)23(31)32)14-15-3-5-16(6-4-15)20-2-1-11-33-20/h1-13H,14H2,(H,31,32). The summed E-state index contributed by atoms with van der Waals surface area (Å²) >= 11 is 6.66. The first-order chi connectivity index (χ1) is 16.7.